The maximum atomic E-state index is 13.9. The van der Waals surface area contributed by atoms with Gasteiger partial charge in [0, 0.05) is 31.3 Å². The van der Waals surface area contributed by atoms with Crippen molar-refractivity contribution < 1.29 is 33.3 Å². The molecule has 246 valence electrons. The number of benzene rings is 2. The van der Waals surface area contributed by atoms with Gasteiger partial charge in [0.1, 0.15) is 17.3 Å². The van der Waals surface area contributed by atoms with E-state index in [0.29, 0.717) is 45.7 Å². The molecule has 0 fully saturated rings. The molecule has 3 aliphatic rings. The first-order valence-electron chi connectivity index (χ1n) is 15.2. The Kier molecular flexibility index (Phi) is 11.2. The number of methoxy groups -OCH3 is 2. The number of hydrogen-bond donors (Lipinski definition) is 3. The Morgan fingerprint density at radius 3 is 2.52 bits per heavy atom. The molecule has 1 aromatic carbocycles. The molecular formula is C35H43N3O8. The number of nitrogens with zero attached hydrogens (tertiary/aromatic N) is 1. The molecule has 4 rings (SSSR count). The number of hydrogen-bond acceptors (Lipinski definition) is 9. The highest BCUT2D eigenvalue weighted by molar-refractivity contribution is 6.04. The van der Waals surface area contributed by atoms with E-state index in [1.807, 2.05) is 39.0 Å². The van der Waals surface area contributed by atoms with E-state index in [1.54, 1.807) is 38.2 Å². The summed E-state index contributed by atoms with van der Waals surface area (Å²) in [5, 5.41) is 14.1. The zero-order valence-corrected chi connectivity index (χ0v) is 27.3. The molecule has 4 N–H and O–H groups in total. The smallest absolute Gasteiger partial charge is 0.405 e. The molecule has 46 heavy (non-hydrogen) atoms. The van der Waals surface area contributed by atoms with Crippen LogP contribution in [0, 0.1) is 18.8 Å². The van der Waals surface area contributed by atoms with Crippen LogP contribution >= 0.6 is 0 Å². The number of anilines is 1. The lowest BCUT2D eigenvalue weighted by Crippen LogP contribution is -2.37. The minimum atomic E-state index is -0.985. The van der Waals surface area contributed by atoms with Crippen molar-refractivity contribution in [1.29, 1.82) is 0 Å². The van der Waals surface area contributed by atoms with Crippen LogP contribution in [0.1, 0.15) is 45.2 Å². The number of amides is 2. The van der Waals surface area contributed by atoms with Gasteiger partial charge in [-0.15, -0.1) is 0 Å². The van der Waals surface area contributed by atoms with Crippen molar-refractivity contribution in [3.8, 4) is 11.5 Å². The summed E-state index contributed by atoms with van der Waals surface area (Å²) in [7, 11) is 2.98. The van der Waals surface area contributed by atoms with Gasteiger partial charge in [-0.25, -0.2) is 9.78 Å². The molecule has 0 saturated heterocycles. The Bertz CT molecular complexity index is 1710. The Labute approximate surface area is 268 Å². The molecule has 0 spiro atoms. The first-order chi connectivity index (χ1) is 21.8. The quantitative estimate of drug-likeness (QED) is 0.264. The molecule has 11 heteroatoms. The first kappa shape index (κ1) is 34.6. The van der Waals surface area contributed by atoms with Crippen LogP contribution in [0.15, 0.2) is 68.9 Å². The van der Waals surface area contributed by atoms with Crippen molar-refractivity contribution in [2.75, 3.05) is 19.5 Å². The molecule has 2 aliphatic heterocycles. The standard InChI is InChI=1S/C35H43N3O8/c1-18-11-12-24-28(14-18)45-33-23-13-19(2)15-29(44-7)30(39)21(4)16-22(5)32(46-35(36)42)27(43-6)10-8-9-20(3)34(41)38-25(31(23)40)17-26(33)37-24/h8-12,14,16-17,19,21,27,29-30,32,39H,13,15H2,1-7H3,(H2,36,42)(H,38,41)/b10-8-,20-9+,22-16+/t19-,21+,27+,29+,30-,32+/m1/s1. The zero-order chi connectivity index (χ0) is 33.7. The molecule has 0 unspecified atom stereocenters. The fourth-order valence-corrected chi connectivity index (χ4v) is 5.80. The van der Waals surface area contributed by atoms with Gasteiger partial charge in [0.25, 0.3) is 5.91 Å². The third kappa shape index (κ3) is 7.90. The molecule has 2 amide bonds. The monoisotopic (exact) mass is 633 g/mol. The summed E-state index contributed by atoms with van der Waals surface area (Å²) in [6.45, 7) is 9.10. The molecular weight excluding hydrogens is 590 g/mol. The summed E-state index contributed by atoms with van der Waals surface area (Å²) in [5.41, 5.74) is 8.95. The lowest BCUT2D eigenvalue weighted by molar-refractivity contribution is -0.112. The second-order valence-electron chi connectivity index (χ2n) is 12.1. The largest absolute Gasteiger partial charge is 0.452 e. The Morgan fingerprint density at radius 2 is 1.85 bits per heavy atom. The summed E-state index contributed by atoms with van der Waals surface area (Å²) >= 11 is 0. The average molecular weight is 634 g/mol. The van der Waals surface area contributed by atoms with E-state index in [4.69, 9.17) is 29.3 Å². The Hall–Kier alpha value is -4.32. The predicted molar refractivity (Wildman–Crippen MR) is 176 cm³/mol. The second-order valence-corrected chi connectivity index (χ2v) is 12.1. The van der Waals surface area contributed by atoms with Gasteiger partial charge in [-0.3, -0.25) is 9.59 Å². The molecule has 1 aliphatic carbocycles. The van der Waals surface area contributed by atoms with Crippen molar-refractivity contribution >= 4 is 28.8 Å². The third-order valence-electron chi connectivity index (χ3n) is 8.33. The number of rotatable bonds is 3. The number of fused-ring (bicyclic) bond motifs is 5. The number of nitrogens with two attached hydrogens (primary N) is 1. The number of aliphatic hydroxyl groups is 1. The predicted octanol–water partition coefficient (Wildman–Crippen LogP) is 5.06. The minimum absolute atomic E-state index is 0.0740. The molecule has 0 saturated carbocycles. The van der Waals surface area contributed by atoms with Gasteiger partial charge in [0.15, 0.2) is 17.4 Å². The average Bonchev–Trinajstić information content (AvgIpc) is 3.01. The van der Waals surface area contributed by atoms with Gasteiger partial charge in [-0.2, -0.15) is 0 Å². The van der Waals surface area contributed by atoms with Gasteiger partial charge in [-0.05, 0) is 68.9 Å². The number of aryl methyl sites for hydroxylation is 1. The van der Waals surface area contributed by atoms with E-state index in [9.17, 15) is 19.5 Å². The van der Waals surface area contributed by atoms with E-state index in [0.717, 1.165) is 5.56 Å². The van der Waals surface area contributed by atoms with Crippen molar-refractivity contribution in [3.05, 3.63) is 81.1 Å². The van der Waals surface area contributed by atoms with E-state index in [-0.39, 0.29) is 23.5 Å². The van der Waals surface area contributed by atoms with Gasteiger partial charge in [-0.1, -0.05) is 44.2 Å². The highest BCUT2D eigenvalue weighted by atomic mass is 16.6. The lowest BCUT2D eigenvalue weighted by Gasteiger charge is -2.29. The van der Waals surface area contributed by atoms with E-state index in [2.05, 4.69) is 5.32 Å². The number of allylic oxidation sites excluding steroid dienone is 2. The summed E-state index contributed by atoms with van der Waals surface area (Å²) in [6.07, 6.45) is 3.08. The fourth-order valence-electron chi connectivity index (χ4n) is 5.80. The summed E-state index contributed by atoms with van der Waals surface area (Å²) in [4.78, 5) is 43.8. The van der Waals surface area contributed by atoms with Gasteiger partial charge < -0.3 is 34.8 Å². The summed E-state index contributed by atoms with van der Waals surface area (Å²) < 4.78 is 23.0. The fraction of sp³-hybridized carbons (Fsp3) is 0.429. The number of aromatic nitrogens is 1. The first-order valence-corrected chi connectivity index (χ1v) is 15.2. The highest BCUT2D eigenvalue weighted by Crippen LogP contribution is 2.32. The summed E-state index contributed by atoms with van der Waals surface area (Å²) in [5.74, 6) is -0.713. The topological polar surface area (TPSA) is 163 Å². The van der Waals surface area contributed by atoms with Crippen LogP contribution in [0.3, 0.4) is 0 Å². The maximum absolute atomic E-state index is 13.9. The zero-order valence-electron chi connectivity index (χ0n) is 27.3. The number of nitrogens with one attached hydrogen (secondary N) is 1. The minimum Gasteiger partial charge on any atom is -0.452 e. The molecule has 0 radical (unpaired) electrons. The van der Waals surface area contributed by atoms with Crippen LogP contribution in [0.5, 0.6) is 0 Å². The van der Waals surface area contributed by atoms with Gasteiger partial charge in [0.2, 0.25) is 5.43 Å². The maximum Gasteiger partial charge on any atom is 0.405 e. The van der Waals surface area contributed by atoms with Crippen LogP contribution in [0.4, 0.5) is 10.5 Å². The number of primary amides is 1. The second kappa shape index (κ2) is 14.8. The lowest BCUT2D eigenvalue weighted by atomic mass is 9.87. The number of aliphatic hydroxyl groups excluding tert-OH is 1. The van der Waals surface area contributed by atoms with Crippen LogP contribution < -0.4 is 16.5 Å². The van der Waals surface area contributed by atoms with Crippen LogP contribution in [0.2, 0.25) is 0 Å². The molecule has 2 heterocycles. The molecule has 6 atom stereocenters. The molecule has 2 bridgehead atoms. The highest BCUT2D eigenvalue weighted by Gasteiger charge is 2.30. The molecule has 11 nitrogen and oxygen atoms in total. The normalized spacial score (nSPS) is 28.1. The van der Waals surface area contributed by atoms with E-state index < -0.39 is 42.3 Å². The SMILES string of the molecule is CO[C@H]1/C=C\C=C(/C)C(=O)Nc2cc3nc4ccc(C)cc4oc-3c(c2=O)C[C@@H](C)C[C@H](OC)[C@H](O)[C@@H](C)/C=C(\C)[C@@H]1OC(N)=O. The van der Waals surface area contributed by atoms with Crippen LogP contribution in [-0.2, 0) is 25.4 Å². The summed E-state index contributed by atoms with van der Waals surface area (Å²) in [6, 6.07) is 7.17. The Morgan fingerprint density at radius 1 is 1.11 bits per heavy atom. The van der Waals surface area contributed by atoms with Crippen LogP contribution in [0.25, 0.3) is 22.6 Å². The van der Waals surface area contributed by atoms with Crippen molar-refractivity contribution in [2.24, 2.45) is 17.6 Å². The number of carbonyl (C=O) groups excluding carboxylic acids is 2. The van der Waals surface area contributed by atoms with E-state index >= 15 is 0 Å². The van der Waals surface area contributed by atoms with E-state index in [1.165, 1.54) is 20.3 Å². The number of ether oxygens (including phenoxy) is 3. The number of carbonyl (C=O) groups is 2. The third-order valence-corrected chi connectivity index (χ3v) is 8.33. The van der Waals surface area contributed by atoms with Crippen molar-refractivity contribution in [3.63, 3.8) is 0 Å². The van der Waals surface area contributed by atoms with Gasteiger partial charge in [0.05, 0.1) is 17.9 Å². The Balaban J connectivity index is 1.86. The van der Waals surface area contributed by atoms with Gasteiger partial charge >= 0.3 is 6.09 Å². The van der Waals surface area contributed by atoms with Crippen LogP contribution in [-0.4, -0.2) is 60.7 Å². The molecule has 0 aromatic heterocycles. The van der Waals surface area contributed by atoms with Crippen molar-refractivity contribution in [1.82, 2.24) is 4.98 Å². The van der Waals surface area contributed by atoms with Crippen molar-refractivity contribution in [2.45, 2.75) is 71.9 Å². The molecule has 1 aromatic rings.